The number of fused-ring (bicyclic) bond motifs is 3. The third-order valence-electron chi connectivity index (χ3n) is 8.43. The van der Waals surface area contributed by atoms with Crippen LogP contribution in [0.1, 0.15) is 65.6 Å². The monoisotopic (exact) mass is 657 g/mol. The Bertz CT molecular complexity index is 2010. The van der Waals surface area contributed by atoms with Crippen LogP contribution in [0.15, 0.2) is 36.5 Å². The van der Waals surface area contributed by atoms with Gasteiger partial charge in [0.1, 0.15) is 11.4 Å². The fourth-order valence-electron chi connectivity index (χ4n) is 6.18. The van der Waals surface area contributed by atoms with Crippen LogP contribution in [0.4, 0.5) is 0 Å². The fourth-order valence-corrected chi connectivity index (χ4v) is 6.61. The second-order valence-corrected chi connectivity index (χ2v) is 13.9. The number of nitrogens with zero attached hydrogens (tertiary/aromatic N) is 5. The fraction of sp³-hybridized carbons (Fsp3) is 0.389. The highest BCUT2D eigenvalue weighted by Gasteiger charge is 2.26. The van der Waals surface area contributed by atoms with Crippen LogP contribution >= 0.6 is 9.24 Å². The molecular weight excluding hydrogens is 613 g/mol. The van der Waals surface area contributed by atoms with E-state index in [-0.39, 0.29) is 12.3 Å². The molecule has 0 bridgehead atoms. The number of rotatable bonds is 6. The SMILES string of the molecule is CC(C)(C)O.Cc1nc2c(cc(CN(C)C(=O)c3ccc4c(cnn4C)c3)n2C)c(-c2cc(P)c3c(c2C)CCCO3)c1CC(=O)O. The second-order valence-electron chi connectivity index (χ2n) is 13.3. The molecule has 1 aliphatic heterocycles. The number of carboxylic acid groups (broad SMARTS) is 1. The summed E-state index contributed by atoms with van der Waals surface area (Å²) in [5.41, 5.74) is 8.22. The van der Waals surface area contributed by atoms with Crippen molar-refractivity contribution in [3.05, 3.63) is 70.2 Å². The number of pyridine rings is 1. The van der Waals surface area contributed by atoms with Gasteiger partial charge in [-0.25, -0.2) is 4.98 Å². The van der Waals surface area contributed by atoms with Crippen molar-refractivity contribution in [2.24, 2.45) is 14.1 Å². The Balaban J connectivity index is 0.000000807. The standard InChI is InChI=1S/C32H34N5O4P.C4H10O/c1-17-22-7-6-10-41-30(22)27(42)13-23(17)29-24(14-28(38)39)18(2)34-31-25(29)12-21(36(31)4)16-35(3)32(40)19-8-9-26-20(11-19)15-33-37(26)5;1-4(2,3)5/h8-9,11-13,15H,6-7,10,14,16,42H2,1-5H3,(H,38,39);5H,1-3H3. The number of amides is 1. The molecule has 10 nitrogen and oxygen atoms in total. The van der Waals surface area contributed by atoms with Crippen molar-refractivity contribution in [2.75, 3.05) is 13.7 Å². The number of hydrogen-bond donors (Lipinski definition) is 2. The largest absolute Gasteiger partial charge is 0.493 e. The molecule has 5 aromatic rings. The number of aliphatic carboxylic acids is 1. The van der Waals surface area contributed by atoms with E-state index in [9.17, 15) is 14.7 Å². The van der Waals surface area contributed by atoms with Gasteiger partial charge in [-0.05, 0) is 106 Å². The molecule has 47 heavy (non-hydrogen) atoms. The highest BCUT2D eigenvalue weighted by molar-refractivity contribution is 7.27. The minimum absolute atomic E-state index is 0.0971. The first-order valence-electron chi connectivity index (χ1n) is 15.7. The van der Waals surface area contributed by atoms with Crippen LogP contribution in [-0.4, -0.2) is 65.6 Å². The summed E-state index contributed by atoms with van der Waals surface area (Å²) in [6.07, 6.45) is 3.48. The van der Waals surface area contributed by atoms with E-state index in [1.54, 1.807) is 43.6 Å². The lowest BCUT2D eigenvalue weighted by Crippen LogP contribution is -2.27. The topological polar surface area (TPSA) is 123 Å². The number of aliphatic hydroxyl groups is 1. The Hall–Kier alpha value is -4.27. The Morgan fingerprint density at radius 3 is 2.51 bits per heavy atom. The molecule has 11 heteroatoms. The Labute approximate surface area is 277 Å². The summed E-state index contributed by atoms with van der Waals surface area (Å²) in [6, 6.07) is 9.74. The van der Waals surface area contributed by atoms with Crippen LogP contribution in [0.3, 0.4) is 0 Å². The second kappa shape index (κ2) is 13.1. The van der Waals surface area contributed by atoms with Gasteiger partial charge in [0, 0.05) is 54.2 Å². The molecule has 0 fully saturated rings. The molecule has 3 aromatic heterocycles. The molecule has 1 atom stereocenters. The molecule has 2 aromatic carbocycles. The van der Waals surface area contributed by atoms with Crippen molar-refractivity contribution in [1.82, 2.24) is 24.2 Å². The Kier molecular flexibility index (Phi) is 9.49. The number of aromatic nitrogens is 4. The molecule has 4 heterocycles. The number of benzene rings is 2. The molecule has 248 valence electrons. The summed E-state index contributed by atoms with van der Waals surface area (Å²) in [7, 11) is 8.40. The summed E-state index contributed by atoms with van der Waals surface area (Å²) >= 11 is 0. The predicted octanol–water partition coefficient (Wildman–Crippen LogP) is 5.25. The van der Waals surface area contributed by atoms with Gasteiger partial charge in [-0.1, -0.05) is 0 Å². The van der Waals surface area contributed by atoms with Crippen LogP contribution in [0.25, 0.3) is 33.1 Å². The van der Waals surface area contributed by atoms with Gasteiger partial charge in [-0.2, -0.15) is 5.10 Å². The van der Waals surface area contributed by atoms with E-state index in [0.717, 1.165) is 68.2 Å². The number of carboxylic acids is 1. The first-order chi connectivity index (χ1) is 22.0. The van der Waals surface area contributed by atoms with E-state index in [1.807, 2.05) is 43.8 Å². The van der Waals surface area contributed by atoms with E-state index in [0.29, 0.717) is 30.0 Å². The molecule has 0 aliphatic carbocycles. The van der Waals surface area contributed by atoms with Crippen molar-refractivity contribution in [1.29, 1.82) is 0 Å². The first-order valence-corrected chi connectivity index (χ1v) is 16.3. The zero-order valence-electron chi connectivity index (χ0n) is 28.4. The van der Waals surface area contributed by atoms with Crippen molar-refractivity contribution < 1.29 is 24.5 Å². The van der Waals surface area contributed by atoms with Crippen molar-refractivity contribution in [2.45, 2.75) is 66.0 Å². The average Bonchev–Trinajstić information content (AvgIpc) is 3.52. The van der Waals surface area contributed by atoms with Crippen LogP contribution in [0.5, 0.6) is 5.75 Å². The average molecular weight is 658 g/mol. The molecule has 0 saturated heterocycles. The van der Waals surface area contributed by atoms with Gasteiger partial charge in [0.25, 0.3) is 5.91 Å². The van der Waals surface area contributed by atoms with Gasteiger partial charge in [-0.3, -0.25) is 14.3 Å². The summed E-state index contributed by atoms with van der Waals surface area (Å²) in [5, 5.41) is 25.4. The summed E-state index contributed by atoms with van der Waals surface area (Å²) in [6.45, 7) is 10.2. The quantitative estimate of drug-likeness (QED) is 0.239. The van der Waals surface area contributed by atoms with Gasteiger partial charge >= 0.3 is 5.97 Å². The molecule has 6 rings (SSSR count). The van der Waals surface area contributed by atoms with Crippen molar-refractivity contribution in [3.8, 4) is 16.9 Å². The van der Waals surface area contributed by atoms with Gasteiger partial charge in [0.15, 0.2) is 0 Å². The minimum atomic E-state index is -0.905. The summed E-state index contributed by atoms with van der Waals surface area (Å²) in [4.78, 5) is 32.1. The lowest BCUT2D eigenvalue weighted by atomic mass is 9.87. The van der Waals surface area contributed by atoms with Gasteiger partial charge in [-0.15, -0.1) is 9.24 Å². The van der Waals surface area contributed by atoms with Crippen molar-refractivity contribution >= 4 is 48.4 Å². The van der Waals surface area contributed by atoms with E-state index in [1.165, 1.54) is 5.56 Å². The van der Waals surface area contributed by atoms with E-state index in [2.05, 4.69) is 33.4 Å². The highest BCUT2D eigenvalue weighted by Crippen LogP contribution is 2.40. The minimum Gasteiger partial charge on any atom is -0.493 e. The van der Waals surface area contributed by atoms with Crippen LogP contribution in [-0.2, 0) is 38.3 Å². The lowest BCUT2D eigenvalue weighted by Gasteiger charge is -2.24. The van der Waals surface area contributed by atoms with Crippen LogP contribution in [0, 0.1) is 13.8 Å². The molecule has 1 amide bonds. The third-order valence-corrected chi connectivity index (χ3v) is 8.86. The smallest absolute Gasteiger partial charge is 0.307 e. The lowest BCUT2D eigenvalue weighted by molar-refractivity contribution is -0.136. The first kappa shape index (κ1) is 34.1. The molecule has 2 N–H and O–H groups in total. The Morgan fingerprint density at radius 2 is 1.83 bits per heavy atom. The number of carbonyl (C=O) groups is 2. The maximum atomic E-state index is 13.5. The van der Waals surface area contributed by atoms with Gasteiger partial charge in [0.2, 0.25) is 0 Å². The van der Waals surface area contributed by atoms with Crippen LogP contribution in [0.2, 0.25) is 0 Å². The predicted molar refractivity (Wildman–Crippen MR) is 189 cm³/mol. The molecule has 0 radical (unpaired) electrons. The van der Waals surface area contributed by atoms with Gasteiger partial charge in [0.05, 0.1) is 36.9 Å². The van der Waals surface area contributed by atoms with Crippen molar-refractivity contribution in [3.63, 3.8) is 0 Å². The summed E-state index contributed by atoms with van der Waals surface area (Å²) in [5.74, 6) is -0.0922. The third kappa shape index (κ3) is 7.04. The molecule has 1 unspecified atom stereocenters. The molecule has 0 spiro atoms. The highest BCUT2D eigenvalue weighted by atomic mass is 31.0. The zero-order valence-corrected chi connectivity index (χ0v) is 29.6. The van der Waals surface area contributed by atoms with Crippen LogP contribution < -0.4 is 10.0 Å². The van der Waals surface area contributed by atoms with E-state index in [4.69, 9.17) is 14.8 Å². The maximum absolute atomic E-state index is 13.5. The number of aryl methyl sites for hydroxylation is 3. The summed E-state index contributed by atoms with van der Waals surface area (Å²) < 4.78 is 9.80. The van der Waals surface area contributed by atoms with Gasteiger partial charge < -0.3 is 24.4 Å². The maximum Gasteiger partial charge on any atom is 0.307 e. The van der Waals surface area contributed by atoms with E-state index >= 15 is 0 Å². The Morgan fingerprint density at radius 1 is 1.13 bits per heavy atom. The van der Waals surface area contributed by atoms with E-state index < -0.39 is 11.6 Å². The molecule has 1 aliphatic rings. The zero-order chi connectivity index (χ0) is 34.4. The number of hydrogen-bond acceptors (Lipinski definition) is 6. The number of ether oxygens (including phenoxy) is 1. The molecular formula is C36H44N5O5P. The normalized spacial score (nSPS) is 12.8. The number of carbonyl (C=O) groups excluding carboxylic acids is 1. The molecule has 0 saturated carbocycles.